The van der Waals surface area contributed by atoms with Crippen LogP contribution in [0, 0.1) is 15.9 Å². The van der Waals surface area contributed by atoms with Crippen molar-refractivity contribution in [1.29, 1.82) is 0 Å². The minimum atomic E-state index is -0.880. The number of benzene rings is 1. The minimum Gasteiger partial charge on any atom is -0.465 e. The second-order valence-electron chi connectivity index (χ2n) is 3.83. The van der Waals surface area contributed by atoms with E-state index >= 15 is 0 Å². The number of hydrogen-bond acceptors (Lipinski definition) is 5. The maximum atomic E-state index is 13.3. The van der Waals surface area contributed by atoms with Crippen LogP contribution in [0.2, 0.25) is 5.02 Å². The molecule has 0 heterocycles. The van der Waals surface area contributed by atoms with Crippen LogP contribution in [0.1, 0.15) is 13.8 Å². The van der Waals surface area contributed by atoms with Crippen molar-refractivity contribution in [3.05, 3.63) is 33.1 Å². The smallest absolute Gasteiger partial charge is 0.325 e. The molecule has 0 aliphatic carbocycles. The van der Waals surface area contributed by atoms with Gasteiger partial charge in [0, 0.05) is 6.54 Å². The summed E-state index contributed by atoms with van der Waals surface area (Å²) in [6.45, 7) is 3.71. The van der Waals surface area contributed by atoms with Crippen LogP contribution in [-0.4, -0.2) is 30.6 Å². The molecule has 0 N–H and O–H groups in total. The molecular formula is C12H14ClFN2O4. The Morgan fingerprint density at radius 1 is 1.50 bits per heavy atom. The van der Waals surface area contributed by atoms with Gasteiger partial charge >= 0.3 is 5.97 Å². The number of carbonyl (C=O) groups is 1. The summed E-state index contributed by atoms with van der Waals surface area (Å²) in [5.41, 5.74) is -0.366. The van der Waals surface area contributed by atoms with Crippen molar-refractivity contribution in [3.63, 3.8) is 0 Å². The van der Waals surface area contributed by atoms with E-state index in [1.807, 2.05) is 0 Å². The number of anilines is 1. The molecule has 1 aromatic carbocycles. The Hall–Kier alpha value is -1.89. The fourth-order valence-corrected chi connectivity index (χ4v) is 1.81. The molecule has 0 fully saturated rings. The third-order valence-corrected chi connectivity index (χ3v) is 2.85. The summed E-state index contributed by atoms with van der Waals surface area (Å²) in [5.74, 6) is -1.40. The molecule has 8 heteroatoms. The van der Waals surface area contributed by atoms with Crippen LogP contribution < -0.4 is 4.90 Å². The Balaban J connectivity index is 3.16. The Morgan fingerprint density at radius 3 is 2.65 bits per heavy atom. The molecule has 0 spiro atoms. The van der Waals surface area contributed by atoms with Gasteiger partial charge in [-0.2, -0.15) is 0 Å². The van der Waals surface area contributed by atoms with Crippen molar-refractivity contribution in [2.75, 3.05) is 24.6 Å². The Bertz CT molecular complexity index is 524. The zero-order valence-electron chi connectivity index (χ0n) is 11.1. The molecule has 1 rings (SSSR count). The molecule has 0 atom stereocenters. The maximum absolute atomic E-state index is 13.3. The first kappa shape index (κ1) is 16.2. The molecule has 0 saturated carbocycles. The number of ether oxygens (including phenoxy) is 1. The Morgan fingerprint density at radius 2 is 2.15 bits per heavy atom. The average molecular weight is 305 g/mol. The number of nitrogens with zero attached hydrogens (tertiary/aromatic N) is 2. The van der Waals surface area contributed by atoms with Crippen LogP contribution >= 0.6 is 11.6 Å². The minimum absolute atomic E-state index is 0.0805. The molecule has 0 radical (unpaired) electrons. The van der Waals surface area contributed by atoms with E-state index < -0.39 is 22.4 Å². The fraction of sp³-hybridized carbons (Fsp3) is 0.417. The SMILES string of the molecule is CCOC(=O)CN(CC)c1cc(Cl)c(F)cc1[N+](=O)[O-]. The quantitative estimate of drug-likeness (QED) is 0.459. The van der Waals surface area contributed by atoms with Gasteiger partial charge in [0.1, 0.15) is 18.0 Å². The second kappa shape index (κ2) is 7.04. The van der Waals surface area contributed by atoms with Gasteiger partial charge < -0.3 is 9.64 Å². The number of rotatable bonds is 6. The third-order valence-electron chi connectivity index (χ3n) is 2.56. The standard InChI is InChI=1S/C12H14ClFN2O4/c1-3-15(7-12(17)20-4-2)10-5-8(13)9(14)6-11(10)16(18)19/h5-6H,3-4,7H2,1-2H3. The maximum Gasteiger partial charge on any atom is 0.325 e. The molecule has 0 saturated heterocycles. The normalized spacial score (nSPS) is 10.2. The first-order valence-corrected chi connectivity index (χ1v) is 6.32. The lowest BCUT2D eigenvalue weighted by Crippen LogP contribution is -2.31. The second-order valence-corrected chi connectivity index (χ2v) is 4.24. The van der Waals surface area contributed by atoms with Gasteiger partial charge in [0.25, 0.3) is 5.69 Å². The highest BCUT2D eigenvalue weighted by atomic mass is 35.5. The summed E-state index contributed by atoms with van der Waals surface area (Å²) in [7, 11) is 0. The number of nitro benzene ring substituents is 1. The molecule has 20 heavy (non-hydrogen) atoms. The number of likely N-dealkylation sites (N-methyl/N-ethyl adjacent to an activating group) is 1. The van der Waals surface area contributed by atoms with E-state index in [2.05, 4.69) is 0 Å². The predicted octanol–water partition coefficient (Wildman–Crippen LogP) is 2.78. The number of esters is 1. The Labute approximate surface area is 120 Å². The first-order valence-electron chi connectivity index (χ1n) is 5.94. The van der Waals surface area contributed by atoms with Crippen LogP contribution in [0.15, 0.2) is 12.1 Å². The van der Waals surface area contributed by atoms with E-state index in [0.29, 0.717) is 6.54 Å². The molecule has 0 aliphatic heterocycles. The largest absolute Gasteiger partial charge is 0.465 e. The molecule has 110 valence electrons. The lowest BCUT2D eigenvalue weighted by Gasteiger charge is -2.21. The highest BCUT2D eigenvalue weighted by Gasteiger charge is 2.23. The third kappa shape index (κ3) is 3.80. The number of nitro groups is 1. The summed E-state index contributed by atoms with van der Waals surface area (Å²) >= 11 is 5.65. The molecule has 0 amide bonds. The van der Waals surface area contributed by atoms with Gasteiger partial charge in [-0.05, 0) is 19.9 Å². The van der Waals surface area contributed by atoms with Crippen LogP contribution in [0.25, 0.3) is 0 Å². The van der Waals surface area contributed by atoms with E-state index in [-0.39, 0.29) is 23.9 Å². The van der Waals surface area contributed by atoms with E-state index in [4.69, 9.17) is 16.3 Å². The molecule has 0 aromatic heterocycles. The van der Waals surface area contributed by atoms with Gasteiger partial charge in [0.05, 0.1) is 22.6 Å². The van der Waals surface area contributed by atoms with Crippen molar-refractivity contribution >= 4 is 28.9 Å². The van der Waals surface area contributed by atoms with Crippen LogP contribution in [0.4, 0.5) is 15.8 Å². The van der Waals surface area contributed by atoms with Crippen molar-refractivity contribution in [3.8, 4) is 0 Å². The lowest BCUT2D eigenvalue weighted by atomic mass is 10.2. The van der Waals surface area contributed by atoms with Gasteiger partial charge in [-0.25, -0.2) is 4.39 Å². The van der Waals surface area contributed by atoms with E-state index in [1.54, 1.807) is 13.8 Å². The topological polar surface area (TPSA) is 72.7 Å². The average Bonchev–Trinajstić information content (AvgIpc) is 2.39. The van der Waals surface area contributed by atoms with Crippen molar-refractivity contribution in [2.24, 2.45) is 0 Å². The molecule has 1 aromatic rings. The van der Waals surface area contributed by atoms with Crippen molar-refractivity contribution in [1.82, 2.24) is 0 Å². The van der Waals surface area contributed by atoms with Crippen molar-refractivity contribution < 1.29 is 18.8 Å². The molecular weight excluding hydrogens is 291 g/mol. The van der Waals surface area contributed by atoms with E-state index in [1.165, 1.54) is 4.90 Å². The summed E-state index contributed by atoms with van der Waals surface area (Å²) in [4.78, 5) is 23.1. The van der Waals surface area contributed by atoms with Gasteiger partial charge in [-0.3, -0.25) is 14.9 Å². The zero-order chi connectivity index (χ0) is 15.3. The van der Waals surface area contributed by atoms with Crippen LogP contribution in [-0.2, 0) is 9.53 Å². The number of carbonyl (C=O) groups excluding carboxylic acids is 1. The summed E-state index contributed by atoms with van der Waals surface area (Å²) in [6, 6.07) is 1.88. The summed E-state index contributed by atoms with van der Waals surface area (Å²) in [5, 5.41) is 10.7. The molecule has 0 unspecified atom stereocenters. The van der Waals surface area contributed by atoms with Gasteiger partial charge in [-0.1, -0.05) is 11.6 Å². The summed E-state index contributed by atoms with van der Waals surface area (Å²) < 4.78 is 18.1. The highest BCUT2D eigenvalue weighted by Crippen LogP contribution is 2.33. The highest BCUT2D eigenvalue weighted by molar-refractivity contribution is 6.31. The van der Waals surface area contributed by atoms with E-state index in [0.717, 1.165) is 12.1 Å². The molecule has 0 bridgehead atoms. The van der Waals surface area contributed by atoms with Gasteiger partial charge in [0.2, 0.25) is 0 Å². The fourth-order valence-electron chi connectivity index (χ4n) is 1.66. The lowest BCUT2D eigenvalue weighted by molar-refractivity contribution is -0.384. The molecule has 0 aliphatic rings. The number of halogens is 2. The van der Waals surface area contributed by atoms with Gasteiger partial charge in [0.15, 0.2) is 0 Å². The Kier molecular flexibility index (Phi) is 5.69. The van der Waals surface area contributed by atoms with E-state index in [9.17, 15) is 19.3 Å². The van der Waals surface area contributed by atoms with Crippen LogP contribution in [0.3, 0.4) is 0 Å². The molecule has 6 nitrogen and oxygen atoms in total. The monoisotopic (exact) mass is 304 g/mol. The summed E-state index contributed by atoms with van der Waals surface area (Å²) in [6.07, 6.45) is 0. The number of hydrogen-bond donors (Lipinski definition) is 0. The predicted molar refractivity (Wildman–Crippen MR) is 72.6 cm³/mol. The van der Waals surface area contributed by atoms with Crippen molar-refractivity contribution in [2.45, 2.75) is 13.8 Å². The van der Waals surface area contributed by atoms with Gasteiger partial charge in [-0.15, -0.1) is 0 Å². The zero-order valence-corrected chi connectivity index (χ0v) is 11.8. The van der Waals surface area contributed by atoms with Crippen LogP contribution in [0.5, 0.6) is 0 Å². The first-order chi connectivity index (χ1) is 9.40.